The normalized spacial score (nSPS) is 21.9. The number of guanidine groups is 1. The summed E-state index contributed by atoms with van der Waals surface area (Å²) in [4.78, 5) is 7.44. The number of thiazole rings is 1. The lowest BCUT2D eigenvalue weighted by Crippen LogP contribution is -2.45. The van der Waals surface area contributed by atoms with Crippen LogP contribution < -0.4 is 10.6 Å². The number of halogens is 7. The van der Waals surface area contributed by atoms with Gasteiger partial charge >= 0.3 is 12.4 Å². The van der Waals surface area contributed by atoms with Gasteiger partial charge in [-0.1, -0.05) is 0 Å². The third-order valence-corrected chi connectivity index (χ3v) is 4.85. The standard InChI is InChI=1S/C14H18F6N4S.HI/c1-21-12(22-6-11-24-10(7-25-11)14(18,19)20)23-9-4-2-8(3-5-9)13(15,16)17;/h7-9H,2-6H2,1H3,(H2,21,22,23);1H. The van der Waals surface area contributed by atoms with Crippen LogP contribution >= 0.6 is 35.3 Å². The van der Waals surface area contributed by atoms with Crippen LogP contribution in [-0.4, -0.2) is 30.2 Å². The third-order valence-electron chi connectivity index (χ3n) is 4.00. The molecule has 2 rings (SSSR count). The largest absolute Gasteiger partial charge is 0.434 e. The minimum Gasteiger partial charge on any atom is -0.354 e. The number of hydrogen-bond donors (Lipinski definition) is 2. The van der Waals surface area contributed by atoms with E-state index < -0.39 is 24.0 Å². The summed E-state index contributed by atoms with van der Waals surface area (Å²) in [6.07, 6.45) is -7.81. The molecule has 0 spiro atoms. The van der Waals surface area contributed by atoms with E-state index in [-0.39, 0.29) is 54.4 Å². The summed E-state index contributed by atoms with van der Waals surface area (Å²) in [6, 6.07) is -0.146. The number of aromatic nitrogens is 1. The lowest BCUT2D eigenvalue weighted by atomic mass is 9.85. The quantitative estimate of drug-likeness (QED) is 0.268. The minimum atomic E-state index is -4.48. The molecule has 0 unspecified atom stereocenters. The van der Waals surface area contributed by atoms with Crippen LogP contribution in [0.15, 0.2) is 10.4 Å². The third kappa shape index (κ3) is 6.74. The highest BCUT2D eigenvalue weighted by molar-refractivity contribution is 14.0. The first kappa shape index (κ1) is 23.2. The first-order valence-corrected chi connectivity index (χ1v) is 8.53. The summed E-state index contributed by atoms with van der Waals surface area (Å²) in [7, 11) is 1.49. The average molecular weight is 516 g/mol. The van der Waals surface area contributed by atoms with E-state index in [4.69, 9.17) is 0 Å². The zero-order valence-electron chi connectivity index (χ0n) is 13.7. The van der Waals surface area contributed by atoms with E-state index in [1.807, 2.05) is 0 Å². The zero-order valence-corrected chi connectivity index (χ0v) is 16.9. The molecule has 0 atom stereocenters. The fraction of sp³-hybridized carbons (Fsp3) is 0.714. The molecule has 0 aliphatic heterocycles. The molecule has 0 amide bonds. The van der Waals surface area contributed by atoms with E-state index in [2.05, 4.69) is 20.6 Å². The lowest BCUT2D eigenvalue weighted by molar-refractivity contribution is -0.182. The molecule has 2 N–H and O–H groups in total. The Morgan fingerprint density at radius 2 is 1.81 bits per heavy atom. The Balaban J connectivity index is 0.00000338. The minimum absolute atomic E-state index is 0. The molecule has 0 bridgehead atoms. The van der Waals surface area contributed by atoms with Gasteiger partial charge in [-0.05, 0) is 25.7 Å². The van der Waals surface area contributed by atoms with Gasteiger partial charge in [0, 0.05) is 18.5 Å². The first-order valence-electron chi connectivity index (χ1n) is 7.65. The van der Waals surface area contributed by atoms with Crippen molar-refractivity contribution in [2.75, 3.05) is 7.05 Å². The average Bonchev–Trinajstić information content (AvgIpc) is 3.00. The van der Waals surface area contributed by atoms with Crippen molar-refractivity contribution in [3.05, 3.63) is 16.1 Å². The van der Waals surface area contributed by atoms with Gasteiger partial charge < -0.3 is 10.6 Å². The maximum atomic E-state index is 12.6. The van der Waals surface area contributed by atoms with Crippen LogP contribution in [0.3, 0.4) is 0 Å². The summed E-state index contributed by atoms with van der Waals surface area (Å²) in [6.45, 7) is 0.0539. The molecule has 1 saturated carbocycles. The monoisotopic (exact) mass is 516 g/mol. The van der Waals surface area contributed by atoms with Crippen molar-refractivity contribution in [2.24, 2.45) is 10.9 Å². The topological polar surface area (TPSA) is 49.3 Å². The Labute approximate surface area is 167 Å². The zero-order chi connectivity index (χ0) is 18.7. The van der Waals surface area contributed by atoms with Gasteiger partial charge in [-0.15, -0.1) is 35.3 Å². The molecule has 12 heteroatoms. The van der Waals surface area contributed by atoms with Gasteiger partial charge in [-0.2, -0.15) is 26.3 Å². The van der Waals surface area contributed by atoms with Crippen molar-refractivity contribution in [2.45, 2.75) is 50.6 Å². The fourth-order valence-electron chi connectivity index (χ4n) is 2.63. The predicted molar refractivity (Wildman–Crippen MR) is 97.7 cm³/mol. The molecule has 1 aromatic heterocycles. The van der Waals surface area contributed by atoms with E-state index in [0.29, 0.717) is 18.8 Å². The Hall–Kier alpha value is -0.790. The Bertz CT molecular complexity index is 593. The van der Waals surface area contributed by atoms with Crippen LogP contribution in [0.2, 0.25) is 0 Å². The molecule has 1 heterocycles. The molecule has 1 fully saturated rings. The number of aliphatic imine (C=N–C) groups is 1. The Kier molecular flexibility index (Phi) is 8.42. The SMILES string of the molecule is CN=C(NCc1nc(C(F)(F)F)cs1)NC1CCC(C(F)(F)F)CC1.I. The summed E-state index contributed by atoms with van der Waals surface area (Å²) >= 11 is 0.877. The van der Waals surface area contributed by atoms with Crippen molar-refractivity contribution in [1.29, 1.82) is 0 Å². The molecule has 1 aromatic rings. The summed E-state index contributed by atoms with van der Waals surface area (Å²) in [5.74, 6) is -0.934. The summed E-state index contributed by atoms with van der Waals surface area (Å²) in [5.41, 5.74) is -0.942. The van der Waals surface area contributed by atoms with Crippen molar-refractivity contribution in [3.8, 4) is 0 Å². The van der Waals surface area contributed by atoms with Crippen LogP contribution in [0, 0.1) is 5.92 Å². The highest BCUT2D eigenvalue weighted by Gasteiger charge is 2.41. The van der Waals surface area contributed by atoms with E-state index in [1.165, 1.54) is 7.05 Å². The molecular formula is C14H19F6IN4S. The summed E-state index contributed by atoms with van der Waals surface area (Å²) < 4.78 is 75.4. The second-order valence-corrected chi connectivity index (χ2v) is 6.73. The van der Waals surface area contributed by atoms with Gasteiger partial charge in [0.2, 0.25) is 0 Å². The van der Waals surface area contributed by atoms with Crippen molar-refractivity contribution < 1.29 is 26.3 Å². The first-order chi connectivity index (χ1) is 11.6. The van der Waals surface area contributed by atoms with Crippen LogP contribution in [0.25, 0.3) is 0 Å². The highest BCUT2D eigenvalue weighted by atomic mass is 127. The van der Waals surface area contributed by atoms with Crippen LogP contribution in [0.1, 0.15) is 36.4 Å². The molecule has 0 aromatic carbocycles. The molecule has 1 aliphatic rings. The van der Waals surface area contributed by atoms with Gasteiger partial charge in [-0.25, -0.2) is 4.98 Å². The molecule has 0 radical (unpaired) electrons. The lowest BCUT2D eigenvalue weighted by Gasteiger charge is -2.31. The molecule has 26 heavy (non-hydrogen) atoms. The van der Waals surface area contributed by atoms with Crippen LogP contribution in [0.4, 0.5) is 26.3 Å². The van der Waals surface area contributed by atoms with Gasteiger partial charge in [0.25, 0.3) is 0 Å². The number of rotatable bonds is 3. The highest BCUT2D eigenvalue weighted by Crippen LogP contribution is 2.37. The molecule has 0 saturated heterocycles. The molecule has 1 aliphatic carbocycles. The van der Waals surface area contributed by atoms with E-state index in [0.717, 1.165) is 16.7 Å². The van der Waals surface area contributed by atoms with Gasteiger partial charge in [0.05, 0.1) is 12.5 Å². The van der Waals surface area contributed by atoms with E-state index >= 15 is 0 Å². The molecule has 4 nitrogen and oxygen atoms in total. The Morgan fingerprint density at radius 1 is 1.19 bits per heavy atom. The maximum Gasteiger partial charge on any atom is 0.434 e. The number of hydrogen-bond acceptors (Lipinski definition) is 3. The second kappa shape index (κ2) is 9.42. The molecular weight excluding hydrogens is 497 g/mol. The van der Waals surface area contributed by atoms with Crippen LogP contribution in [-0.2, 0) is 12.7 Å². The van der Waals surface area contributed by atoms with Crippen molar-refractivity contribution >= 4 is 41.3 Å². The number of alkyl halides is 6. The smallest absolute Gasteiger partial charge is 0.354 e. The van der Waals surface area contributed by atoms with Gasteiger partial charge in [0.1, 0.15) is 5.01 Å². The second-order valence-electron chi connectivity index (χ2n) is 5.78. The van der Waals surface area contributed by atoms with Crippen molar-refractivity contribution in [1.82, 2.24) is 15.6 Å². The molecule has 150 valence electrons. The van der Waals surface area contributed by atoms with Crippen molar-refractivity contribution in [3.63, 3.8) is 0 Å². The number of nitrogens with zero attached hydrogens (tertiary/aromatic N) is 2. The van der Waals surface area contributed by atoms with Gasteiger partial charge in [0.15, 0.2) is 11.7 Å². The number of nitrogens with one attached hydrogen (secondary N) is 2. The maximum absolute atomic E-state index is 12.6. The van der Waals surface area contributed by atoms with Gasteiger partial charge in [-0.3, -0.25) is 4.99 Å². The predicted octanol–water partition coefficient (Wildman–Crippen LogP) is 4.57. The Morgan fingerprint density at radius 3 is 2.27 bits per heavy atom. The fourth-order valence-corrected chi connectivity index (χ4v) is 3.38. The van der Waals surface area contributed by atoms with Crippen LogP contribution in [0.5, 0.6) is 0 Å². The summed E-state index contributed by atoms with van der Waals surface area (Å²) in [5, 5.41) is 7.03. The van der Waals surface area contributed by atoms with E-state index in [9.17, 15) is 26.3 Å². The van der Waals surface area contributed by atoms with E-state index in [1.54, 1.807) is 0 Å².